The lowest BCUT2D eigenvalue weighted by atomic mass is 10.1. The van der Waals surface area contributed by atoms with Crippen molar-refractivity contribution in [1.29, 1.82) is 0 Å². The van der Waals surface area contributed by atoms with E-state index >= 15 is 0 Å². The van der Waals surface area contributed by atoms with Crippen LogP contribution in [0.4, 0.5) is 5.13 Å². The molecule has 1 amide bonds. The van der Waals surface area contributed by atoms with Gasteiger partial charge in [0.25, 0.3) is 5.91 Å². The van der Waals surface area contributed by atoms with Crippen LogP contribution in [0.15, 0.2) is 28.8 Å². The van der Waals surface area contributed by atoms with E-state index in [4.69, 9.17) is 9.26 Å². The third-order valence-corrected chi connectivity index (χ3v) is 4.60. The molecule has 0 saturated carbocycles. The van der Waals surface area contributed by atoms with Gasteiger partial charge in [0.15, 0.2) is 5.13 Å². The van der Waals surface area contributed by atoms with E-state index in [9.17, 15) is 4.79 Å². The summed E-state index contributed by atoms with van der Waals surface area (Å²) in [6.45, 7) is 8.02. The number of aromatic nitrogens is 2. The molecule has 7 heteroatoms. The molecule has 25 heavy (non-hydrogen) atoms. The van der Waals surface area contributed by atoms with E-state index in [0.29, 0.717) is 28.8 Å². The molecule has 1 N–H and O–H groups in total. The second-order valence-corrected chi connectivity index (χ2v) is 6.74. The molecule has 0 aliphatic rings. The summed E-state index contributed by atoms with van der Waals surface area (Å²) in [5.41, 5.74) is 2.85. The first-order chi connectivity index (χ1) is 12.0. The number of hydrogen-bond acceptors (Lipinski definition) is 6. The Hall–Kier alpha value is -2.67. The molecular formula is C18H19N3O3S. The molecule has 0 radical (unpaired) electrons. The summed E-state index contributed by atoms with van der Waals surface area (Å²) in [6, 6.07) is 7.76. The van der Waals surface area contributed by atoms with Crippen LogP contribution in [-0.2, 0) is 0 Å². The Labute approximate surface area is 149 Å². The van der Waals surface area contributed by atoms with Gasteiger partial charge < -0.3 is 9.26 Å². The molecule has 0 aliphatic carbocycles. The SMILES string of the molecule is CCOc1ccc(-c2nc(NC(=O)c3c(C)noc3C)sc2C)cc1. The summed E-state index contributed by atoms with van der Waals surface area (Å²) in [5, 5.41) is 7.19. The molecule has 1 aromatic carbocycles. The Bertz CT molecular complexity index is 877. The van der Waals surface area contributed by atoms with Crippen molar-refractivity contribution >= 4 is 22.4 Å². The minimum Gasteiger partial charge on any atom is -0.494 e. The summed E-state index contributed by atoms with van der Waals surface area (Å²) in [7, 11) is 0. The van der Waals surface area contributed by atoms with Gasteiger partial charge in [-0.1, -0.05) is 5.16 Å². The summed E-state index contributed by atoms with van der Waals surface area (Å²) in [4.78, 5) is 18.0. The van der Waals surface area contributed by atoms with Crippen molar-refractivity contribution in [1.82, 2.24) is 10.1 Å². The van der Waals surface area contributed by atoms with Crippen LogP contribution < -0.4 is 10.1 Å². The maximum Gasteiger partial charge on any atom is 0.262 e. The average molecular weight is 357 g/mol. The molecule has 2 heterocycles. The summed E-state index contributed by atoms with van der Waals surface area (Å²) in [5.74, 6) is 1.06. The lowest BCUT2D eigenvalue weighted by molar-refractivity contribution is 0.102. The predicted octanol–water partition coefficient (Wildman–Crippen LogP) is 4.37. The van der Waals surface area contributed by atoms with Crippen molar-refractivity contribution in [2.75, 3.05) is 11.9 Å². The van der Waals surface area contributed by atoms with Crippen LogP contribution >= 0.6 is 11.3 Å². The number of carbonyl (C=O) groups excluding carboxylic acids is 1. The van der Waals surface area contributed by atoms with Gasteiger partial charge in [-0.05, 0) is 52.0 Å². The minimum atomic E-state index is -0.261. The lowest BCUT2D eigenvalue weighted by Crippen LogP contribution is -2.13. The fourth-order valence-electron chi connectivity index (χ4n) is 2.56. The Kier molecular flexibility index (Phi) is 4.85. The van der Waals surface area contributed by atoms with Crippen LogP contribution in [0.25, 0.3) is 11.3 Å². The fraction of sp³-hybridized carbons (Fsp3) is 0.278. The van der Waals surface area contributed by atoms with Gasteiger partial charge in [0.1, 0.15) is 17.1 Å². The largest absolute Gasteiger partial charge is 0.494 e. The molecule has 0 aliphatic heterocycles. The minimum absolute atomic E-state index is 0.261. The van der Waals surface area contributed by atoms with E-state index in [1.54, 1.807) is 13.8 Å². The average Bonchev–Trinajstić information content (AvgIpc) is 3.10. The van der Waals surface area contributed by atoms with E-state index in [1.807, 2.05) is 38.1 Å². The number of carbonyl (C=O) groups is 1. The van der Waals surface area contributed by atoms with Crippen LogP contribution in [0, 0.1) is 20.8 Å². The maximum atomic E-state index is 12.4. The van der Waals surface area contributed by atoms with Crippen LogP contribution in [0.3, 0.4) is 0 Å². The first kappa shape index (κ1) is 17.2. The Morgan fingerprint density at radius 3 is 2.56 bits per heavy atom. The molecular weight excluding hydrogens is 338 g/mol. The van der Waals surface area contributed by atoms with Crippen molar-refractivity contribution in [2.24, 2.45) is 0 Å². The van der Waals surface area contributed by atoms with Crippen molar-refractivity contribution in [2.45, 2.75) is 27.7 Å². The highest BCUT2D eigenvalue weighted by Gasteiger charge is 2.19. The van der Waals surface area contributed by atoms with Gasteiger partial charge >= 0.3 is 0 Å². The van der Waals surface area contributed by atoms with E-state index in [2.05, 4.69) is 15.5 Å². The standard InChI is InChI=1S/C18H19N3O3S/c1-5-23-14-8-6-13(7-9-14)16-12(4)25-18(19-16)20-17(22)15-10(2)21-24-11(15)3/h6-9H,5H2,1-4H3,(H,19,20,22). The number of thiazole rings is 1. The number of ether oxygens (including phenoxy) is 1. The summed E-state index contributed by atoms with van der Waals surface area (Å²) >= 11 is 1.44. The predicted molar refractivity (Wildman–Crippen MR) is 97.4 cm³/mol. The van der Waals surface area contributed by atoms with Crippen molar-refractivity contribution in [3.63, 3.8) is 0 Å². The zero-order chi connectivity index (χ0) is 18.0. The third kappa shape index (κ3) is 3.56. The Morgan fingerprint density at radius 1 is 1.24 bits per heavy atom. The van der Waals surface area contributed by atoms with Crippen molar-refractivity contribution < 1.29 is 14.1 Å². The van der Waals surface area contributed by atoms with Crippen LogP contribution in [0.1, 0.15) is 33.6 Å². The topological polar surface area (TPSA) is 77.2 Å². The van der Waals surface area contributed by atoms with E-state index in [-0.39, 0.29) is 5.91 Å². The van der Waals surface area contributed by atoms with Crippen molar-refractivity contribution in [3.05, 3.63) is 46.2 Å². The van der Waals surface area contributed by atoms with E-state index in [1.165, 1.54) is 11.3 Å². The molecule has 0 spiro atoms. The molecule has 2 aromatic heterocycles. The number of nitrogens with one attached hydrogen (secondary N) is 1. The molecule has 0 atom stereocenters. The second kappa shape index (κ2) is 7.06. The van der Waals surface area contributed by atoms with Gasteiger partial charge in [0, 0.05) is 10.4 Å². The number of rotatable bonds is 5. The van der Waals surface area contributed by atoms with Gasteiger partial charge in [-0.25, -0.2) is 4.98 Å². The van der Waals surface area contributed by atoms with Gasteiger partial charge in [-0.2, -0.15) is 0 Å². The molecule has 0 bridgehead atoms. The first-order valence-corrected chi connectivity index (χ1v) is 8.76. The summed E-state index contributed by atoms with van der Waals surface area (Å²) < 4.78 is 10.5. The van der Waals surface area contributed by atoms with Gasteiger partial charge in [0.05, 0.1) is 18.0 Å². The first-order valence-electron chi connectivity index (χ1n) is 7.94. The highest BCUT2D eigenvalue weighted by molar-refractivity contribution is 7.16. The van der Waals surface area contributed by atoms with E-state index in [0.717, 1.165) is 21.9 Å². The second-order valence-electron chi connectivity index (χ2n) is 5.53. The van der Waals surface area contributed by atoms with Gasteiger partial charge in [-0.3, -0.25) is 10.1 Å². The number of anilines is 1. The normalized spacial score (nSPS) is 10.7. The smallest absolute Gasteiger partial charge is 0.262 e. The zero-order valence-electron chi connectivity index (χ0n) is 14.5. The molecule has 6 nitrogen and oxygen atoms in total. The van der Waals surface area contributed by atoms with E-state index < -0.39 is 0 Å². The van der Waals surface area contributed by atoms with Crippen LogP contribution in [-0.4, -0.2) is 22.7 Å². The zero-order valence-corrected chi connectivity index (χ0v) is 15.4. The molecule has 130 valence electrons. The number of benzene rings is 1. The van der Waals surface area contributed by atoms with Crippen LogP contribution in [0.2, 0.25) is 0 Å². The maximum absolute atomic E-state index is 12.4. The third-order valence-electron chi connectivity index (χ3n) is 3.72. The van der Waals surface area contributed by atoms with Gasteiger partial charge in [-0.15, -0.1) is 11.3 Å². The quantitative estimate of drug-likeness (QED) is 0.733. The van der Waals surface area contributed by atoms with Gasteiger partial charge in [0.2, 0.25) is 0 Å². The highest BCUT2D eigenvalue weighted by atomic mass is 32.1. The molecule has 3 aromatic rings. The number of hydrogen-bond donors (Lipinski definition) is 1. The molecule has 0 saturated heterocycles. The number of aryl methyl sites for hydroxylation is 3. The van der Waals surface area contributed by atoms with Crippen LogP contribution in [0.5, 0.6) is 5.75 Å². The van der Waals surface area contributed by atoms with Crippen molar-refractivity contribution in [3.8, 4) is 17.0 Å². The molecule has 0 fully saturated rings. The fourth-order valence-corrected chi connectivity index (χ4v) is 3.39. The lowest BCUT2D eigenvalue weighted by Gasteiger charge is -2.04. The summed E-state index contributed by atoms with van der Waals surface area (Å²) in [6.07, 6.45) is 0. The Balaban J connectivity index is 1.81. The Morgan fingerprint density at radius 2 is 1.96 bits per heavy atom. The molecule has 3 rings (SSSR count). The number of amides is 1. The monoisotopic (exact) mass is 357 g/mol. The highest BCUT2D eigenvalue weighted by Crippen LogP contribution is 2.31. The molecule has 0 unspecified atom stereocenters. The number of nitrogens with zero attached hydrogens (tertiary/aromatic N) is 2.